The summed E-state index contributed by atoms with van der Waals surface area (Å²) in [5.74, 6) is -0.525. The van der Waals surface area contributed by atoms with E-state index in [-0.39, 0.29) is 17.0 Å². The highest BCUT2D eigenvalue weighted by atomic mass is 35.5. The normalized spacial score (nSPS) is 11.8. The monoisotopic (exact) mass is 361 g/mol. The lowest BCUT2D eigenvalue weighted by atomic mass is 10.2. The topological polar surface area (TPSA) is 121 Å². The van der Waals surface area contributed by atoms with Crippen LogP contribution in [0.25, 0.3) is 0 Å². The van der Waals surface area contributed by atoms with Gasteiger partial charge in [-0.2, -0.15) is 9.35 Å². The van der Waals surface area contributed by atoms with Crippen molar-refractivity contribution in [2.24, 2.45) is 4.36 Å². The summed E-state index contributed by atoms with van der Waals surface area (Å²) >= 11 is 5.64. The summed E-state index contributed by atoms with van der Waals surface area (Å²) in [6, 6.07) is 3.92. The Kier molecular flexibility index (Phi) is 5.19. The van der Waals surface area contributed by atoms with Crippen molar-refractivity contribution in [1.29, 1.82) is 0 Å². The third-order valence-electron chi connectivity index (χ3n) is 2.54. The van der Waals surface area contributed by atoms with E-state index in [2.05, 4.69) is 24.6 Å². The van der Waals surface area contributed by atoms with Crippen molar-refractivity contribution < 1.29 is 18.8 Å². The summed E-state index contributed by atoms with van der Waals surface area (Å²) in [4.78, 5) is 21.9. The molecule has 0 spiro atoms. The zero-order chi connectivity index (χ0) is 17.0. The van der Waals surface area contributed by atoms with Crippen molar-refractivity contribution in [3.63, 3.8) is 0 Å². The number of amides is 1. The Labute approximate surface area is 136 Å². The van der Waals surface area contributed by atoms with Gasteiger partial charge in [0, 0.05) is 11.4 Å². The molecule has 0 unspecified atom stereocenters. The van der Waals surface area contributed by atoms with Gasteiger partial charge in [0.05, 0.1) is 0 Å². The number of nitrogens with one attached hydrogen (secondary N) is 1. The van der Waals surface area contributed by atoms with Crippen molar-refractivity contribution in [1.82, 2.24) is 15.0 Å². The van der Waals surface area contributed by atoms with Crippen LogP contribution in [0.2, 0.25) is 5.28 Å². The third-order valence-corrected chi connectivity index (χ3v) is 4.29. The molecule has 0 saturated heterocycles. The predicted octanol–water partition coefficient (Wildman–Crippen LogP) is 2.76. The SMILES string of the molecule is C[SH](O)(Cc1cc(F)cc(Nc2ncnc(Cl)n2)c1)=NC(=O)O. The Morgan fingerprint density at radius 1 is 1.43 bits per heavy atom. The summed E-state index contributed by atoms with van der Waals surface area (Å²) in [6.45, 7) is 0. The highest BCUT2D eigenvalue weighted by Crippen LogP contribution is 2.20. The van der Waals surface area contributed by atoms with E-state index in [1.54, 1.807) is 0 Å². The molecular formula is C12H13ClFN5O3S. The molecule has 0 fully saturated rings. The van der Waals surface area contributed by atoms with E-state index in [9.17, 15) is 13.7 Å². The van der Waals surface area contributed by atoms with Gasteiger partial charge in [0.25, 0.3) is 0 Å². The Morgan fingerprint density at radius 3 is 2.83 bits per heavy atom. The van der Waals surface area contributed by atoms with Gasteiger partial charge in [-0.3, -0.25) is 0 Å². The Bertz CT molecular complexity index is 798. The van der Waals surface area contributed by atoms with Gasteiger partial charge >= 0.3 is 6.09 Å². The van der Waals surface area contributed by atoms with Crippen LogP contribution in [0.1, 0.15) is 5.56 Å². The first-order chi connectivity index (χ1) is 10.7. The first kappa shape index (κ1) is 17.2. The maximum atomic E-state index is 13.7. The third kappa shape index (κ3) is 5.51. The summed E-state index contributed by atoms with van der Waals surface area (Å²) in [5.41, 5.74) is 0.702. The molecule has 0 aliphatic carbocycles. The molecule has 0 saturated carbocycles. The minimum Gasteiger partial charge on any atom is -0.463 e. The van der Waals surface area contributed by atoms with Gasteiger partial charge in [-0.05, 0) is 41.6 Å². The van der Waals surface area contributed by atoms with Gasteiger partial charge < -0.3 is 15.0 Å². The molecule has 0 bridgehead atoms. The predicted molar refractivity (Wildman–Crippen MR) is 86.0 cm³/mol. The van der Waals surface area contributed by atoms with Gasteiger partial charge in [0.2, 0.25) is 11.2 Å². The van der Waals surface area contributed by atoms with Gasteiger partial charge in [0.15, 0.2) is 0 Å². The number of halogens is 2. The molecule has 1 aromatic carbocycles. The Balaban J connectivity index is 2.27. The molecule has 1 aromatic heterocycles. The molecule has 124 valence electrons. The fourth-order valence-electron chi connectivity index (χ4n) is 1.85. The van der Waals surface area contributed by atoms with Gasteiger partial charge in [-0.1, -0.05) is 10.1 Å². The number of hydrogen-bond donors (Lipinski definition) is 4. The average molecular weight is 362 g/mol. The minimum absolute atomic E-state index is 0.0201. The molecule has 0 atom stereocenters. The van der Waals surface area contributed by atoms with Crippen molar-refractivity contribution in [3.05, 3.63) is 41.2 Å². The standard InChI is InChI=1S/C12H13ClFN5O3S/c1-23(22,19-12(20)21)5-7-2-8(14)4-9(3-7)17-11-16-6-15-10(13)18-11/h2-4,6,23H,5H2,1H3,(H,19,22)(H,20,21)(H,15,16,17,18). The second-order valence-corrected chi connectivity index (χ2v) is 7.71. The van der Waals surface area contributed by atoms with Crippen LogP contribution in [0, 0.1) is 5.82 Å². The van der Waals surface area contributed by atoms with Crippen LogP contribution in [-0.4, -0.2) is 37.0 Å². The zero-order valence-corrected chi connectivity index (χ0v) is 13.5. The molecule has 1 heterocycles. The van der Waals surface area contributed by atoms with Crippen molar-refractivity contribution in [2.45, 2.75) is 5.75 Å². The van der Waals surface area contributed by atoms with Gasteiger partial charge in [0.1, 0.15) is 12.1 Å². The van der Waals surface area contributed by atoms with E-state index < -0.39 is 22.0 Å². The van der Waals surface area contributed by atoms with Crippen molar-refractivity contribution >= 4 is 39.4 Å². The molecule has 1 amide bonds. The van der Waals surface area contributed by atoms with E-state index in [4.69, 9.17) is 16.7 Å². The summed E-state index contributed by atoms with van der Waals surface area (Å²) in [7, 11) is -3.08. The fourth-order valence-corrected chi connectivity index (χ4v) is 3.28. The summed E-state index contributed by atoms with van der Waals surface area (Å²) < 4.78 is 27.0. The molecule has 3 N–H and O–H groups in total. The lowest BCUT2D eigenvalue weighted by Crippen LogP contribution is -2.13. The molecule has 11 heteroatoms. The number of anilines is 2. The molecule has 0 aliphatic heterocycles. The number of rotatable bonds is 4. The number of aromatic nitrogens is 3. The second-order valence-electron chi connectivity index (χ2n) is 4.68. The lowest BCUT2D eigenvalue weighted by molar-refractivity contribution is 0.206. The van der Waals surface area contributed by atoms with Crippen LogP contribution in [0.15, 0.2) is 28.9 Å². The largest absolute Gasteiger partial charge is 0.463 e. The number of benzene rings is 1. The highest BCUT2D eigenvalue weighted by molar-refractivity contribution is 7.98. The van der Waals surface area contributed by atoms with Crippen LogP contribution in [0.3, 0.4) is 0 Å². The number of carbonyl (C=O) groups is 1. The maximum Gasteiger partial charge on any atom is 0.437 e. The highest BCUT2D eigenvalue weighted by Gasteiger charge is 2.10. The molecule has 2 aromatic rings. The quantitative estimate of drug-likeness (QED) is 0.618. The Morgan fingerprint density at radius 2 is 2.17 bits per heavy atom. The van der Waals surface area contributed by atoms with Crippen molar-refractivity contribution in [2.75, 3.05) is 11.6 Å². The fraction of sp³-hybridized carbons (Fsp3) is 0.167. The summed E-state index contributed by atoms with van der Waals surface area (Å²) in [5, 5.41) is 11.4. The molecule has 0 radical (unpaired) electrons. The lowest BCUT2D eigenvalue weighted by Gasteiger charge is -2.17. The van der Waals surface area contributed by atoms with Crippen LogP contribution < -0.4 is 5.32 Å². The van der Waals surface area contributed by atoms with Crippen LogP contribution in [-0.2, 0) is 15.9 Å². The van der Waals surface area contributed by atoms with E-state index in [0.29, 0.717) is 11.3 Å². The van der Waals surface area contributed by atoms with E-state index >= 15 is 0 Å². The van der Waals surface area contributed by atoms with E-state index in [0.717, 1.165) is 0 Å². The number of thiol groups is 1. The average Bonchev–Trinajstić information content (AvgIpc) is 2.35. The van der Waals surface area contributed by atoms with Crippen LogP contribution in [0.5, 0.6) is 0 Å². The smallest absolute Gasteiger partial charge is 0.437 e. The molecule has 0 aliphatic rings. The van der Waals surface area contributed by atoms with E-state index in [1.165, 1.54) is 30.8 Å². The van der Waals surface area contributed by atoms with E-state index in [1.807, 2.05) is 0 Å². The van der Waals surface area contributed by atoms with Crippen molar-refractivity contribution in [3.8, 4) is 0 Å². The molecule has 2 rings (SSSR count). The zero-order valence-electron chi connectivity index (χ0n) is 11.8. The number of hydrogen-bond acceptors (Lipinski definition) is 5. The molecule has 23 heavy (non-hydrogen) atoms. The summed E-state index contributed by atoms with van der Waals surface area (Å²) in [6.07, 6.45) is 1.06. The van der Waals surface area contributed by atoms with Gasteiger partial charge in [-0.25, -0.2) is 19.2 Å². The van der Waals surface area contributed by atoms with Crippen LogP contribution in [0.4, 0.5) is 20.8 Å². The van der Waals surface area contributed by atoms with Crippen LogP contribution >= 0.6 is 11.6 Å². The van der Waals surface area contributed by atoms with Gasteiger partial charge in [-0.15, -0.1) is 0 Å². The second kappa shape index (κ2) is 6.94. The Hall–Kier alpha value is -2.17. The molecular weight excluding hydrogens is 349 g/mol. The number of carboxylic acid groups (broad SMARTS) is 1. The number of nitrogens with zero attached hydrogens (tertiary/aromatic N) is 4. The maximum absolute atomic E-state index is 13.7. The first-order valence-electron chi connectivity index (χ1n) is 6.19. The molecule has 8 nitrogen and oxygen atoms in total. The minimum atomic E-state index is -3.08. The first-order valence-corrected chi connectivity index (χ1v) is 8.89.